The summed E-state index contributed by atoms with van der Waals surface area (Å²) in [6, 6.07) is 10.2. The summed E-state index contributed by atoms with van der Waals surface area (Å²) in [6.45, 7) is 0.199. The zero-order chi connectivity index (χ0) is 15.0. The van der Waals surface area contributed by atoms with Crippen molar-refractivity contribution in [3.05, 3.63) is 36.4 Å². The van der Waals surface area contributed by atoms with E-state index in [-0.39, 0.29) is 17.4 Å². The Hall–Kier alpha value is -2.41. The van der Waals surface area contributed by atoms with Crippen molar-refractivity contribution in [2.24, 2.45) is 0 Å². The summed E-state index contributed by atoms with van der Waals surface area (Å²) in [6.07, 6.45) is 1.13. The first-order valence-corrected chi connectivity index (χ1v) is 8.09. The molecule has 2 aromatic carbocycles. The summed E-state index contributed by atoms with van der Waals surface area (Å²) in [5.41, 5.74) is 7.38. The van der Waals surface area contributed by atoms with Gasteiger partial charge in [-0.25, -0.2) is 8.42 Å². The van der Waals surface area contributed by atoms with Gasteiger partial charge in [-0.05, 0) is 24.3 Å². The number of para-hydroxylation sites is 1. The second-order valence-corrected chi connectivity index (χ2v) is 6.67. The average Bonchev–Trinajstić information content (AvgIpc) is 2.87. The summed E-state index contributed by atoms with van der Waals surface area (Å²) in [5, 5.41) is 3.09. The standard InChI is InChI=1S/C14H14N2O4S/c1-21(17,18)13-4-2-3-10(14(13)15)16-9-5-6-11-12(7-9)20-8-19-11/h2-7,16H,8,15H2,1H3. The van der Waals surface area contributed by atoms with Gasteiger partial charge in [0.15, 0.2) is 21.3 Å². The molecule has 0 saturated heterocycles. The van der Waals surface area contributed by atoms with E-state index in [1.807, 2.05) is 0 Å². The lowest BCUT2D eigenvalue weighted by Crippen LogP contribution is -2.05. The molecule has 0 aliphatic carbocycles. The van der Waals surface area contributed by atoms with E-state index in [2.05, 4.69) is 5.32 Å². The first-order chi connectivity index (χ1) is 9.95. The number of ether oxygens (including phenoxy) is 2. The molecule has 110 valence electrons. The van der Waals surface area contributed by atoms with Crippen LogP contribution in [0.4, 0.5) is 17.1 Å². The maximum Gasteiger partial charge on any atom is 0.231 e. The molecule has 0 radical (unpaired) electrons. The van der Waals surface area contributed by atoms with Gasteiger partial charge in [-0.3, -0.25) is 0 Å². The smallest absolute Gasteiger partial charge is 0.231 e. The van der Waals surface area contributed by atoms with E-state index in [1.165, 1.54) is 6.07 Å². The summed E-state index contributed by atoms with van der Waals surface area (Å²) < 4.78 is 33.9. The largest absolute Gasteiger partial charge is 0.454 e. The predicted molar refractivity (Wildman–Crippen MR) is 79.8 cm³/mol. The minimum Gasteiger partial charge on any atom is -0.454 e. The molecule has 0 spiro atoms. The van der Waals surface area contributed by atoms with Gasteiger partial charge in [-0.1, -0.05) is 6.07 Å². The molecular formula is C14H14N2O4S. The number of sulfone groups is 1. The molecule has 21 heavy (non-hydrogen) atoms. The van der Waals surface area contributed by atoms with E-state index in [0.717, 1.165) is 11.9 Å². The minimum absolute atomic E-state index is 0.105. The average molecular weight is 306 g/mol. The normalized spacial score (nSPS) is 13.2. The highest BCUT2D eigenvalue weighted by Gasteiger charge is 2.16. The van der Waals surface area contributed by atoms with Crippen LogP contribution < -0.4 is 20.5 Å². The van der Waals surface area contributed by atoms with Gasteiger partial charge in [0.25, 0.3) is 0 Å². The van der Waals surface area contributed by atoms with Crippen molar-refractivity contribution in [2.75, 3.05) is 24.1 Å². The fourth-order valence-corrected chi connectivity index (χ4v) is 2.94. The molecular weight excluding hydrogens is 292 g/mol. The van der Waals surface area contributed by atoms with Gasteiger partial charge < -0.3 is 20.5 Å². The van der Waals surface area contributed by atoms with E-state index in [1.54, 1.807) is 30.3 Å². The van der Waals surface area contributed by atoms with Crippen LogP contribution >= 0.6 is 0 Å². The summed E-state index contributed by atoms with van der Waals surface area (Å²) in [4.78, 5) is 0.105. The van der Waals surface area contributed by atoms with Crippen LogP contribution in [0.15, 0.2) is 41.3 Å². The Morgan fingerprint density at radius 1 is 1.14 bits per heavy atom. The Bertz CT molecular complexity index is 803. The number of hydrogen-bond acceptors (Lipinski definition) is 6. The third kappa shape index (κ3) is 2.59. The van der Waals surface area contributed by atoms with Gasteiger partial charge in [0.2, 0.25) is 6.79 Å². The Morgan fingerprint density at radius 3 is 2.67 bits per heavy atom. The molecule has 2 aromatic rings. The number of benzene rings is 2. The summed E-state index contributed by atoms with van der Waals surface area (Å²) >= 11 is 0. The highest BCUT2D eigenvalue weighted by Crippen LogP contribution is 2.36. The van der Waals surface area contributed by atoms with E-state index < -0.39 is 9.84 Å². The molecule has 6 nitrogen and oxygen atoms in total. The number of fused-ring (bicyclic) bond motifs is 1. The third-order valence-corrected chi connectivity index (χ3v) is 4.27. The topological polar surface area (TPSA) is 90.7 Å². The third-order valence-electron chi connectivity index (χ3n) is 3.12. The van der Waals surface area contributed by atoms with Gasteiger partial charge in [-0.2, -0.15) is 0 Å². The van der Waals surface area contributed by atoms with Gasteiger partial charge >= 0.3 is 0 Å². The molecule has 7 heteroatoms. The van der Waals surface area contributed by atoms with Gasteiger partial charge in [-0.15, -0.1) is 0 Å². The number of rotatable bonds is 3. The zero-order valence-electron chi connectivity index (χ0n) is 11.3. The second-order valence-electron chi connectivity index (χ2n) is 4.68. The Kier molecular flexibility index (Phi) is 3.13. The number of nitrogens with two attached hydrogens (primary N) is 1. The number of nitrogen functional groups attached to an aromatic ring is 1. The highest BCUT2D eigenvalue weighted by atomic mass is 32.2. The van der Waals surface area contributed by atoms with Crippen molar-refractivity contribution >= 4 is 26.9 Å². The van der Waals surface area contributed by atoms with Gasteiger partial charge in [0.1, 0.15) is 0 Å². The Morgan fingerprint density at radius 2 is 1.90 bits per heavy atom. The molecule has 0 unspecified atom stereocenters. The maximum absolute atomic E-state index is 11.7. The first kappa shape index (κ1) is 13.6. The van der Waals surface area contributed by atoms with E-state index in [0.29, 0.717) is 17.2 Å². The Labute approximate surface area is 122 Å². The lowest BCUT2D eigenvalue weighted by Gasteiger charge is -2.12. The maximum atomic E-state index is 11.7. The molecule has 3 N–H and O–H groups in total. The van der Waals surface area contributed by atoms with E-state index >= 15 is 0 Å². The second kappa shape index (κ2) is 4.85. The van der Waals surface area contributed by atoms with Crippen LogP contribution in [-0.2, 0) is 9.84 Å². The minimum atomic E-state index is -3.37. The van der Waals surface area contributed by atoms with Crippen LogP contribution in [0.5, 0.6) is 11.5 Å². The molecule has 0 fully saturated rings. The molecule has 3 rings (SSSR count). The van der Waals surface area contributed by atoms with E-state index in [4.69, 9.17) is 15.2 Å². The van der Waals surface area contributed by atoms with Crippen molar-refractivity contribution in [1.82, 2.24) is 0 Å². The SMILES string of the molecule is CS(=O)(=O)c1cccc(Nc2ccc3c(c2)OCO3)c1N. The number of nitrogens with one attached hydrogen (secondary N) is 1. The molecule has 0 amide bonds. The first-order valence-electron chi connectivity index (χ1n) is 6.20. The van der Waals surface area contributed by atoms with Crippen molar-refractivity contribution in [3.8, 4) is 11.5 Å². The molecule has 0 bridgehead atoms. The molecule has 0 atom stereocenters. The van der Waals surface area contributed by atoms with Gasteiger partial charge in [0, 0.05) is 18.0 Å². The zero-order valence-corrected chi connectivity index (χ0v) is 12.1. The van der Waals surface area contributed by atoms with Crippen LogP contribution in [0.25, 0.3) is 0 Å². The number of anilines is 3. The van der Waals surface area contributed by atoms with Crippen LogP contribution in [0.2, 0.25) is 0 Å². The highest BCUT2D eigenvalue weighted by molar-refractivity contribution is 7.90. The lowest BCUT2D eigenvalue weighted by atomic mass is 10.2. The monoisotopic (exact) mass is 306 g/mol. The lowest BCUT2D eigenvalue weighted by molar-refractivity contribution is 0.174. The molecule has 1 aliphatic heterocycles. The van der Waals surface area contributed by atoms with Gasteiger partial charge in [0.05, 0.1) is 16.3 Å². The fourth-order valence-electron chi connectivity index (χ4n) is 2.11. The van der Waals surface area contributed by atoms with Crippen LogP contribution in [-0.4, -0.2) is 21.5 Å². The van der Waals surface area contributed by atoms with Crippen LogP contribution in [0, 0.1) is 0 Å². The summed E-state index contributed by atoms with van der Waals surface area (Å²) in [7, 11) is -3.37. The quantitative estimate of drug-likeness (QED) is 0.844. The fraction of sp³-hybridized carbons (Fsp3) is 0.143. The van der Waals surface area contributed by atoms with E-state index in [9.17, 15) is 8.42 Å². The number of hydrogen-bond donors (Lipinski definition) is 2. The summed E-state index contributed by atoms with van der Waals surface area (Å²) in [5.74, 6) is 1.32. The Balaban J connectivity index is 1.95. The molecule has 0 aromatic heterocycles. The molecule has 1 heterocycles. The van der Waals surface area contributed by atoms with Crippen molar-refractivity contribution in [1.29, 1.82) is 0 Å². The predicted octanol–water partition coefficient (Wildman–Crippen LogP) is 2.14. The van der Waals surface area contributed by atoms with Crippen LogP contribution in [0.3, 0.4) is 0 Å². The van der Waals surface area contributed by atoms with Crippen molar-refractivity contribution in [3.63, 3.8) is 0 Å². The molecule has 0 saturated carbocycles. The van der Waals surface area contributed by atoms with Crippen LogP contribution in [0.1, 0.15) is 0 Å². The van der Waals surface area contributed by atoms with Crippen molar-refractivity contribution in [2.45, 2.75) is 4.90 Å². The van der Waals surface area contributed by atoms with Crippen molar-refractivity contribution < 1.29 is 17.9 Å². The molecule has 1 aliphatic rings.